The van der Waals surface area contributed by atoms with Gasteiger partial charge in [-0.15, -0.1) is 0 Å². The van der Waals surface area contributed by atoms with Crippen molar-refractivity contribution in [3.8, 4) is 5.75 Å². The number of rotatable bonds is 5. The van der Waals surface area contributed by atoms with Crippen molar-refractivity contribution in [2.45, 2.75) is 50.7 Å². The number of Topliss-reactive ketones (excluding diaryl/α,β-unsaturated/α-hetero) is 1. The molecule has 6 N–H and O–H groups in total. The number of aliphatic hydroxyl groups is 3. The first kappa shape index (κ1) is 26.0. The zero-order valence-electron chi connectivity index (χ0n) is 21.9. The number of carbonyl (C=O) groups is 2. The van der Waals surface area contributed by atoms with Crippen LogP contribution >= 0.6 is 0 Å². The molecule has 5 rings (SSSR count). The maximum absolute atomic E-state index is 13.8. The summed E-state index contributed by atoms with van der Waals surface area (Å²) in [4.78, 5) is 27.6. The van der Waals surface area contributed by atoms with E-state index in [2.05, 4.69) is 24.3 Å². The zero-order valence-corrected chi connectivity index (χ0v) is 21.9. The molecule has 3 aliphatic rings. The van der Waals surface area contributed by atoms with Crippen LogP contribution in [0.4, 0.5) is 0 Å². The molecule has 4 unspecified atom stereocenters. The number of amides is 1. The van der Waals surface area contributed by atoms with Crippen molar-refractivity contribution in [3.63, 3.8) is 0 Å². The Morgan fingerprint density at radius 3 is 2.39 bits per heavy atom. The van der Waals surface area contributed by atoms with Gasteiger partial charge in [-0.25, -0.2) is 0 Å². The Kier molecular flexibility index (Phi) is 6.36. The largest absolute Gasteiger partial charge is 0.510 e. The van der Waals surface area contributed by atoms with Crippen molar-refractivity contribution in [1.82, 2.24) is 4.90 Å². The van der Waals surface area contributed by atoms with E-state index < -0.39 is 47.3 Å². The summed E-state index contributed by atoms with van der Waals surface area (Å²) < 4.78 is 0. The van der Waals surface area contributed by atoms with Crippen molar-refractivity contribution in [2.24, 2.45) is 17.6 Å². The van der Waals surface area contributed by atoms with E-state index in [-0.39, 0.29) is 28.2 Å². The van der Waals surface area contributed by atoms with Crippen molar-refractivity contribution < 1.29 is 30.0 Å². The molecule has 8 nitrogen and oxygen atoms in total. The number of primary amides is 1. The lowest BCUT2D eigenvalue weighted by Gasteiger charge is -2.51. The topological polar surface area (TPSA) is 144 Å². The molecule has 0 radical (unpaired) electrons. The Bertz CT molecular complexity index is 1390. The van der Waals surface area contributed by atoms with Crippen molar-refractivity contribution in [2.75, 3.05) is 14.1 Å². The van der Waals surface area contributed by atoms with Gasteiger partial charge in [0, 0.05) is 17.9 Å². The molecule has 1 amide bonds. The van der Waals surface area contributed by atoms with E-state index in [1.165, 1.54) is 17.2 Å². The van der Waals surface area contributed by atoms with Gasteiger partial charge in [-0.05, 0) is 75.4 Å². The number of hydrogen-bond acceptors (Lipinski definition) is 7. The number of fused-ring (bicyclic) bond motifs is 3. The molecule has 2 aromatic rings. The van der Waals surface area contributed by atoms with Gasteiger partial charge in [0.05, 0.1) is 17.2 Å². The van der Waals surface area contributed by atoms with E-state index >= 15 is 0 Å². The Hall–Kier alpha value is -3.62. The maximum atomic E-state index is 13.8. The summed E-state index contributed by atoms with van der Waals surface area (Å²) in [6.45, 7) is 2.04. The Balaban J connectivity index is 1.57. The minimum atomic E-state index is -1.96. The summed E-state index contributed by atoms with van der Waals surface area (Å²) in [5, 5.41) is 44.8. The quantitative estimate of drug-likeness (QED) is 0.409. The van der Waals surface area contributed by atoms with Gasteiger partial charge in [0.25, 0.3) is 0 Å². The molecule has 0 aromatic heterocycles. The highest BCUT2D eigenvalue weighted by atomic mass is 16.3. The predicted octanol–water partition coefficient (Wildman–Crippen LogP) is 3.04. The molecular weight excluding hydrogens is 484 g/mol. The molecule has 38 heavy (non-hydrogen) atoms. The minimum absolute atomic E-state index is 0.0601. The van der Waals surface area contributed by atoms with Crippen LogP contribution in [0.3, 0.4) is 0 Å². The van der Waals surface area contributed by atoms with E-state index in [1.54, 1.807) is 19.0 Å². The molecule has 200 valence electrons. The first-order valence-corrected chi connectivity index (χ1v) is 12.9. The van der Waals surface area contributed by atoms with E-state index in [1.807, 2.05) is 13.0 Å². The molecule has 3 aliphatic carbocycles. The third-order valence-electron chi connectivity index (χ3n) is 8.61. The zero-order chi connectivity index (χ0) is 27.5. The molecule has 0 saturated carbocycles. The molecule has 0 heterocycles. The smallest absolute Gasteiger partial charge is 0.248 e. The summed E-state index contributed by atoms with van der Waals surface area (Å²) in [6, 6.07) is 10.9. The third kappa shape index (κ3) is 3.99. The van der Waals surface area contributed by atoms with Gasteiger partial charge in [0.1, 0.15) is 22.9 Å². The fourth-order valence-corrected chi connectivity index (χ4v) is 6.67. The number of nitrogens with two attached hydrogens (primary N) is 1. The Morgan fingerprint density at radius 2 is 1.76 bits per heavy atom. The lowest BCUT2D eigenvalue weighted by atomic mass is 9.59. The number of phenols is 1. The number of hydrogen-bond donors (Lipinski definition) is 5. The summed E-state index contributed by atoms with van der Waals surface area (Å²) in [6.07, 6.45) is 1.75. The normalized spacial score (nSPS) is 26.8. The Morgan fingerprint density at radius 1 is 1.08 bits per heavy atom. The number of likely N-dealkylation sites (N-methyl/N-ethyl adjacent to an activating group) is 1. The fraction of sp³-hybridized carbons (Fsp3) is 0.400. The van der Waals surface area contributed by atoms with Crippen LogP contribution in [-0.4, -0.2) is 62.8 Å². The van der Waals surface area contributed by atoms with Crippen LogP contribution in [0.25, 0.3) is 0 Å². The van der Waals surface area contributed by atoms with Crippen LogP contribution in [0.1, 0.15) is 45.5 Å². The van der Waals surface area contributed by atoms with Crippen LogP contribution in [0.2, 0.25) is 0 Å². The number of carbonyl (C=O) groups excluding carboxylic acids is 2. The third-order valence-corrected chi connectivity index (χ3v) is 8.61. The molecule has 0 aliphatic heterocycles. The number of nitrogens with zero attached hydrogens (tertiary/aromatic N) is 1. The molecular formula is C30H34N2O6. The number of aliphatic hydroxyl groups excluding tert-OH is 2. The van der Waals surface area contributed by atoms with Crippen LogP contribution in [0, 0.1) is 18.8 Å². The molecule has 4 atom stereocenters. The highest BCUT2D eigenvalue weighted by Crippen LogP contribution is 2.53. The van der Waals surface area contributed by atoms with E-state index in [0.29, 0.717) is 19.3 Å². The van der Waals surface area contributed by atoms with E-state index in [0.717, 1.165) is 17.5 Å². The second-order valence-electron chi connectivity index (χ2n) is 11.2. The number of allylic oxidation sites excluding steroid dienone is 1. The highest BCUT2D eigenvalue weighted by Gasteiger charge is 2.58. The average Bonchev–Trinajstić information content (AvgIpc) is 2.85. The van der Waals surface area contributed by atoms with Crippen LogP contribution in [0.5, 0.6) is 5.75 Å². The summed E-state index contributed by atoms with van der Waals surface area (Å²) in [5.41, 5.74) is 7.65. The molecule has 0 spiro atoms. The second kappa shape index (κ2) is 9.29. The van der Waals surface area contributed by atoms with Gasteiger partial charge in [-0.2, -0.15) is 0 Å². The van der Waals surface area contributed by atoms with Crippen LogP contribution in [0.15, 0.2) is 59.1 Å². The van der Waals surface area contributed by atoms with Gasteiger partial charge >= 0.3 is 0 Å². The molecule has 2 aromatic carbocycles. The maximum Gasteiger partial charge on any atom is 0.248 e. The number of phenolic OH excluding ortho intramolecular Hbond substituents is 1. The van der Waals surface area contributed by atoms with Gasteiger partial charge in [0.15, 0.2) is 5.78 Å². The fourth-order valence-electron chi connectivity index (χ4n) is 6.67. The number of aromatic hydroxyl groups is 1. The van der Waals surface area contributed by atoms with Crippen LogP contribution in [-0.2, 0) is 24.1 Å². The molecule has 0 saturated heterocycles. The van der Waals surface area contributed by atoms with Gasteiger partial charge < -0.3 is 26.2 Å². The van der Waals surface area contributed by atoms with Crippen molar-refractivity contribution >= 4 is 11.7 Å². The van der Waals surface area contributed by atoms with Crippen molar-refractivity contribution in [3.05, 3.63) is 86.9 Å². The summed E-state index contributed by atoms with van der Waals surface area (Å²) in [5.74, 6) is -3.40. The highest BCUT2D eigenvalue weighted by molar-refractivity contribution is 6.13. The number of aryl methyl sites for hydroxylation is 3. The van der Waals surface area contributed by atoms with Crippen LogP contribution < -0.4 is 5.73 Å². The number of ketones is 1. The lowest BCUT2D eigenvalue weighted by Crippen LogP contribution is -2.59. The second-order valence-corrected chi connectivity index (χ2v) is 11.2. The first-order chi connectivity index (χ1) is 17.9. The van der Waals surface area contributed by atoms with E-state index in [4.69, 9.17) is 5.73 Å². The Labute approximate surface area is 221 Å². The van der Waals surface area contributed by atoms with E-state index in [9.17, 15) is 30.0 Å². The van der Waals surface area contributed by atoms with Crippen molar-refractivity contribution in [1.29, 1.82) is 0 Å². The van der Waals surface area contributed by atoms with Gasteiger partial charge in [-0.1, -0.05) is 35.9 Å². The first-order valence-electron chi connectivity index (χ1n) is 12.9. The minimum Gasteiger partial charge on any atom is -0.510 e. The average molecular weight is 519 g/mol. The molecule has 0 bridgehead atoms. The lowest BCUT2D eigenvalue weighted by molar-refractivity contribution is -0.118. The molecule has 0 fully saturated rings. The van der Waals surface area contributed by atoms with Gasteiger partial charge in [0.2, 0.25) is 5.91 Å². The standard InChI is InChI=1S/C30H34N2O6/c1-15-4-6-16(7-5-15)8-9-17-10-11-22(33)24-19(17)12-18-13-21-25(32(2)3)26(34)20(29(31)37)14-30(21,38)28(36)23(18)27(24)35/h4-7,10-11,18,21,25,33-34,36,38H,8-9,12-14H2,1-3H3,(H2,31,37). The summed E-state index contributed by atoms with van der Waals surface area (Å²) in [7, 11) is 3.42. The number of benzene rings is 2. The molecule has 8 heteroatoms. The van der Waals surface area contributed by atoms with Gasteiger partial charge in [-0.3, -0.25) is 14.5 Å². The summed E-state index contributed by atoms with van der Waals surface area (Å²) >= 11 is 0. The SMILES string of the molecule is Cc1ccc(CCc2ccc(O)c3c2CC2CC4C(N(C)C)C(O)=C(C(N)=O)CC4(O)C(O)=C2C3=O)cc1. The monoisotopic (exact) mass is 518 g/mol. The predicted molar refractivity (Wildman–Crippen MR) is 142 cm³/mol.